The Hall–Kier alpha value is -3.78. The first-order chi connectivity index (χ1) is 18.2. The van der Waals surface area contributed by atoms with E-state index in [2.05, 4.69) is 20.8 Å². The molecule has 188 valence electrons. The molecule has 1 aliphatic rings. The molecule has 1 aliphatic carbocycles. The molecule has 36 heavy (non-hydrogen) atoms. The van der Waals surface area contributed by atoms with Crippen LogP contribution in [0.15, 0.2) is 42.5 Å². The summed E-state index contributed by atoms with van der Waals surface area (Å²) in [6.45, 7) is 0.499. The Morgan fingerprint density at radius 3 is 2.44 bits per heavy atom. The van der Waals surface area contributed by atoms with Gasteiger partial charge < -0.3 is 25.3 Å². The highest BCUT2D eigenvalue weighted by atomic mass is 31.2. The van der Waals surface area contributed by atoms with Crippen LogP contribution in [0, 0.1) is 11.7 Å². The van der Waals surface area contributed by atoms with Crippen LogP contribution in [-0.4, -0.2) is 49.4 Å². The second kappa shape index (κ2) is 10.1. The predicted octanol–water partition coefficient (Wildman–Crippen LogP) is 3.99. The summed E-state index contributed by atoms with van der Waals surface area (Å²) in [6.07, 6.45) is 1.50. The zero-order chi connectivity index (χ0) is 28.5. The normalized spacial score (nSPS) is 14.7. The smallest absolute Gasteiger partial charge is 0.273 e. The van der Waals surface area contributed by atoms with Gasteiger partial charge in [0, 0.05) is 40.0 Å². The van der Waals surface area contributed by atoms with Crippen molar-refractivity contribution in [2.24, 2.45) is 5.92 Å². The van der Waals surface area contributed by atoms with E-state index in [9.17, 15) is 18.5 Å². The molecule has 3 N–H and O–H groups in total. The zero-order valence-corrected chi connectivity index (χ0v) is 20.8. The summed E-state index contributed by atoms with van der Waals surface area (Å²) < 4.78 is 54.9. The number of ether oxygens (including phenoxy) is 1. The molecule has 1 heterocycles. The third-order valence-corrected chi connectivity index (χ3v) is 7.19. The standard InChI is InChI=1S/C25H27FN5O4P/c1-27-25(33)22-19(13-21(30-31-22)29-24(32)15-5-6-15)28-20-12-16(26)11-18(23(20)35-2)14-7-9-17(10-8-14)36(3,4)34/h7-13,15H,5-6H2,1-4H3,(H,27,33)(H2,28,29,30,32)/i1D3. The van der Waals surface area contributed by atoms with E-state index in [1.165, 1.54) is 19.2 Å². The highest BCUT2D eigenvalue weighted by Gasteiger charge is 2.30. The molecular weight excluding hydrogens is 484 g/mol. The summed E-state index contributed by atoms with van der Waals surface area (Å²) in [7, 11) is -1.11. The van der Waals surface area contributed by atoms with Crippen LogP contribution in [0.1, 0.15) is 27.4 Å². The Morgan fingerprint density at radius 2 is 1.83 bits per heavy atom. The van der Waals surface area contributed by atoms with Crippen LogP contribution in [0.4, 0.5) is 21.6 Å². The lowest BCUT2D eigenvalue weighted by Crippen LogP contribution is -2.22. The van der Waals surface area contributed by atoms with Crippen LogP contribution >= 0.6 is 7.14 Å². The summed E-state index contributed by atoms with van der Waals surface area (Å²) in [5, 5.41) is 15.7. The average Bonchev–Trinajstić information content (AvgIpc) is 3.68. The van der Waals surface area contributed by atoms with Gasteiger partial charge in [-0.2, -0.15) is 0 Å². The minimum Gasteiger partial charge on any atom is -0.494 e. The second-order valence-electron chi connectivity index (χ2n) is 8.77. The molecule has 1 aromatic heterocycles. The fourth-order valence-corrected chi connectivity index (χ4v) is 4.48. The number of methoxy groups -OCH3 is 1. The van der Waals surface area contributed by atoms with Crippen molar-refractivity contribution >= 4 is 41.5 Å². The number of anilines is 3. The maximum Gasteiger partial charge on any atom is 0.273 e. The van der Waals surface area contributed by atoms with Gasteiger partial charge in [-0.25, -0.2) is 4.39 Å². The van der Waals surface area contributed by atoms with Crippen molar-refractivity contribution in [2.75, 3.05) is 38.0 Å². The largest absolute Gasteiger partial charge is 0.494 e. The number of hydrogen-bond donors (Lipinski definition) is 3. The van der Waals surface area contributed by atoms with Gasteiger partial charge >= 0.3 is 0 Å². The zero-order valence-electron chi connectivity index (χ0n) is 22.9. The van der Waals surface area contributed by atoms with E-state index in [1.807, 2.05) is 5.32 Å². The van der Waals surface area contributed by atoms with Gasteiger partial charge in [-0.05, 0) is 37.8 Å². The van der Waals surface area contributed by atoms with Crippen LogP contribution in [0.2, 0.25) is 0 Å². The SMILES string of the molecule is [2H]C([2H])([2H])NC(=O)c1nnc(NC(=O)C2CC2)cc1Nc1cc(F)cc(-c2ccc(P(C)(C)=O)cc2)c1OC. The minimum atomic E-state index is -2.80. The Kier molecular flexibility index (Phi) is 6.01. The molecule has 11 heteroatoms. The van der Waals surface area contributed by atoms with Gasteiger partial charge in [0.15, 0.2) is 11.5 Å². The first kappa shape index (κ1) is 21.5. The second-order valence-corrected chi connectivity index (χ2v) is 12.0. The third-order valence-electron chi connectivity index (χ3n) is 5.65. The number of carbonyl (C=O) groups is 2. The number of halogens is 1. The van der Waals surface area contributed by atoms with E-state index >= 15 is 0 Å². The average molecular weight is 515 g/mol. The highest BCUT2D eigenvalue weighted by Crippen LogP contribution is 2.41. The number of carbonyl (C=O) groups excluding carboxylic acids is 2. The van der Waals surface area contributed by atoms with Gasteiger partial charge in [0.1, 0.15) is 18.7 Å². The van der Waals surface area contributed by atoms with E-state index in [0.29, 0.717) is 16.4 Å². The van der Waals surface area contributed by atoms with Crippen LogP contribution in [0.25, 0.3) is 11.1 Å². The van der Waals surface area contributed by atoms with E-state index < -0.39 is 31.5 Å². The van der Waals surface area contributed by atoms with Crippen molar-refractivity contribution < 1.29 is 27.4 Å². The van der Waals surface area contributed by atoms with Gasteiger partial charge in [-0.3, -0.25) is 9.59 Å². The van der Waals surface area contributed by atoms with Gasteiger partial charge in [-0.15, -0.1) is 10.2 Å². The van der Waals surface area contributed by atoms with Crippen molar-refractivity contribution in [1.29, 1.82) is 0 Å². The summed E-state index contributed by atoms with van der Waals surface area (Å²) in [6, 6.07) is 10.5. The molecule has 1 saturated carbocycles. The monoisotopic (exact) mass is 514 g/mol. The quantitative estimate of drug-likeness (QED) is 0.389. The molecule has 2 amide bonds. The summed E-state index contributed by atoms with van der Waals surface area (Å²) >= 11 is 0. The van der Waals surface area contributed by atoms with Crippen molar-refractivity contribution in [3.63, 3.8) is 0 Å². The predicted molar refractivity (Wildman–Crippen MR) is 138 cm³/mol. The number of aromatic nitrogens is 2. The van der Waals surface area contributed by atoms with Crippen molar-refractivity contribution in [3.05, 3.63) is 54.0 Å². The lowest BCUT2D eigenvalue weighted by atomic mass is 10.0. The molecule has 4 rings (SSSR count). The van der Waals surface area contributed by atoms with Gasteiger partial charge in [0.2, 0.25) is 5.91 Å². The number of benzene rings is 2. The van der Waals surface area contributed by atoms with Gasteiger partial charge in [-0.1, -0.05) is 24.3 Å². The number of nitrogens with one attached hydrogen (secondary N) is 3. The number of amides is 2. The number of nitrogens with zero attached hydrogens (tertiary/aromatic N) is 2. The Bertz CT molecular complexity index is 1470. The van der Waals surface area contributed by atoms with E-state index in [-0.39, 0.29) is 34.8 Å². The summed E-state index contributed by atoms with van der Waals surface area (Å²) in [5.74, 6) is -1.84. The molecule has 0 spiro atoms. The number of rotatable bonds is 8. The summed E-state index contributed by atoms with van der Waals surface area (Å²) in [5.41, 5.74) is 0.613. The molecule has 0 saturated heterocycles. The van der Waals surface area contributed by atoms with Crippen LogP contribution in [0.5, 0.6) is 5.75 Å². The molecule has 3 aromatic rings. The topological polar surface area (TPSA) is 122 Å². The Labute approximate surface area is 212 Å². The molecule has 2 aromatic carbocycles. The van der Waals surface area contributed by atoms with Crippen molar-refractivity contribution in [2.45, 2.75) is 12.8 Å². The van der Waals surface area contributed by atoms with Crippen molar-refractivity contribution in [1.82, 2.24) is 15.5 Å². The minimum absolute atomic E-state index is 0.0228. The molecule has 0 unspecified atom stereocenters. The molecule has 1 fully saturated rings. The first-order valence-corrected chi connectivity index (χ1v) is 13.7. The third kappa shape index (κ3) is 5.54. The lowest BCUT2D eigenvalue weighted by Gasteiger charge is -2.18. The molecule has 0 bridgehead atoms. The van der Waals surface area contributed by atoms with Gasteiger partial charge in [0.05, 0.1) is 18.5 Å². The maximum atomic E-state index is 14.9. The molecule has 0 atom stereocenters. The number of hydrogen-bond acceptors (Lipinski definition) is 7. The van der Waals surface area contributed by atoms with Gasteiger partial charge in [0.25, 0.3) is 5.91 Å². The van der Waals surface area contributed by atoms with E-state index in [1.54, 1.807) is 37.6 Å². The maximum absolute atomic E-state index is 14.9. The summed E-state index contributed by atoms with van der Waals surface area (Å²) in [4.78, 5) is 25.0. The van der Waals surface area contributed by atoms with Crippen LogP contribution in [0.3, 0.4) is 0 Å². The molecule has 0 radical (unpaired) electrons. The Morgan fingerprint density at radius 1 is 1.11 bits per heavy atom. The fraction of sp³-hybridized carbons (Fsp3) is 0.280. The Balaban J connectivity index is 1.76. The molecule has 9 nitrogen and oxygen atoms in total. The van der Waals surface area contributed by atoms with Crippen LogP contribution in [-0.2, 0) is 9.36 Å². The van der Waals surface area contributed by atoms with Crippen molar-refractivity contribution in [3.8, 4) is 16.9 Å². The lowest BCUT2D eigenvalue weighted by molar-refractivity contribution is -0.117. The van der Waals surface area contributed by atoms with Crippen LogP contribution < -0.4 is 26.0 Å². The van der Waals surface area contributed by atoms with E-state index in [0.717, 1.165) is 18.9 Å². The first-order valence-electron chi connectivity index (χ1n) is 12.6. The molecular formula is C25H27FN5O4P. The highest BCUT2D eigenvalue weighted by molar-refractivity contribution is 7.70. The molecule has 0 aliphatic heterocycles. The fourth-order valence-electron chi connectivity index (χ4n) is 3.61. The van der Waals surface area contributed by atoms with E-state index in [4.69, 9.17) is 8.85 Å².